The van der Waals surface area contributed by atoms with Gasteiger partial charge in [-0.1, -0.05) is 13.3 Å². The molecule has 0 aromatic rings. The minimum atomic E-state index is 0.432. The summed E-state index contributed by atoms with van der Waals surface area (Å²) in [6, 6.07) is 0. The first-order valence-corrected chi connectivity index (χ1v) is 5.87. The molecule has 4 heteroatoms. The van der Waals surface area contributed by atoms with Gasteiger partial charge in [-0.05, 0) is 19.3 Å². The summed E-state index contributed by atoms with van der Waals surface area (Å²) in [5.41, 5.74) is 0. The minimum Gasteiger partial charge on any atom is -0.379 e. The Hall–Kier alpha value is -0.160. The fourth-order valence-corrected chi connectivity index (χ4v) is 1.07. The summed E-state index contributed by atoms with van der Waals surface area (Å²) in [4.78, 5) is 9.14. The first-order chi connectivity index (χ1) is 7.43. The zero-order valence-corrected chi connectivity index (χ0v) is 9.57. The molecule has 0 bridgehead atoms. The van der Waals surface area contributed by atoms with E-state index in [-0.39, 0.29) is 0 Å². The molecule has 0 N–H and O–H groups in total. The van der Waals surface area contributed by atoms with Crippen molar-refractivity contribution in [1.82, 2.24) is 0 Å². The van der Waals surface area contributed by atoms with Crippen molar-refractivity contribution in [2.45, 2.75) is 38.7 Å². The average molecular weight is 218 g/mol. The summed E-state index contributed by atoms with van der Waals surface area (Å²) in [5, 5.41) is 0. The van der Waals surface area contributed by atoms with E-state index < -0.39 is 0 Å². The van der Waals surface area contributed by atoms with Gasteiger partial charge >= 0.3 is 0 Å². The van der Waals surface area contributed by atoms with E-state index in [1.165, 1.54) is 12.8 Å². The SMILES string of the molecule is C1CCOOC1.CCCCOCC1CO1. The fraction of sp³-hybridized carbons (Fsp3) is 1.00. The molecule has 0 spiro atoms. The van der Waals surface area contributed by atoms with Crippen molar-refractivity contribution in [3.05, 3.63) is 0 Å². The summed E-state index contributed by atoms with van der Waals surface area (Å²) in [6.07, 6.45) is 5.12. The standard InChI is InChI=1S/C7H14O2.C4H8O2/c1-2-3-4-8-5-7-6-9-7;1-2-4-6-5-3-1/h7H,2-6H2,1H3;1-4H2. The minimum absolute atomic E-state index is 0.432. The second-order valence-corrected chi connectivity index (χ2v) is 3.73. The predicted molar refractivity (Wildman–Crippen MR) is 56.6 cm³/mol. The molecule has 0 aromatic heterocycles. The van der Waals surface area contributed by atoms with Crippen LogP contribution in [-0.2, 0) is 19.2 Å². The number of rotatable bonds is 5. The quantitative estimate of drug-likeness (QED) is 0.401. The Morgan fingerprint density at radius 1 is 1.20 bits per heavy atom. The van der Waals surface area contributed by atoms with Crippen LogP contribution in [0.15, 0.2) is 0 Å². The Morgan fingerprint density at radius 3 is 2.27 bits per heavy atom. The van der Waals surface area contributed by atoms with Crippen molar-refractivity contribution >= 4 is 0 Å². The molecule has 1 unspecified atom stereocenters. The first-order valence-electron chi connectivity index (χ1n) is 5.87. The van der Waals surface area contributed by atoms with E-state index in [1.54, 1.807) is 0 Å². The Bertz CT molecular complexity index is 121. The van der Waals surface area contributed by atoms with E-state index in [2.05, 4.69) is 16.7 Å². The van der Waals surface area contributed by atoms with Crippen molar-refractivity contribution in [2.24, 2.45) is 0 Å². The third-order valence-corrected chi connectivity index (χ3v) is 2.14. The van der Waals surface area contributed by atoms with Crippen LogP contribution in [0.3, 0.4) is 0 Å². The van der Waals surface area contributed by atoms with Crippen LogP contribution in [0.4, 0.5) is 0 Å². The van der Waals surface area contributed by atoms with Gasteiger partial charge in [-0.25, -0.2) is 9.78 Å². The van der Waals surface area contributed by atoms with Crippen LogP contribution in [0.2, 0.25) is 0 Å². The van der Waals surface area contributed by atoms with Gasteiger partial charge in [0.25, 0.3) is 0 Å². The number of ether oxygens (including phenoxy) is 2. The van der Waals surface area contributed by atoms with Crippen LogP contribution >= 0.6 is 0 Å². The van der Waals surface area contributed by atoms with E-state index >= 15 is 0 Å². The monoisotopic (exact) mass is 218 g/mol. The summed E-state index contributed by atoms with van der Waals surface area (Å²) in [5.74, 6) is 0. The normalized spacial score (nSPS) is 24.2. The fourth-order valence-electron chi connectivity index (χ4n) is 1.07. The average Bonchev–Trinajstić information content (AvgIpc) is 3.12. The Balaban J connectivity index is 0.000000162. The van der Waals surface area contributed by atoms with Gasteiger partial charge in [0.15, 0.2) is 0 Å². The van der Waals surface area contributed by atoms with Crippen molar-refractivity contribution in [2.75, 3.05) is 33.0 Å². The molecular formula is C11H22O4. The second-order valence-electron chi connectivity index (χ2n) is 3.73. The van der Waals surface area contributed by atoms with Gasteiger partial charge in [-0.15, -0.1) is 0 Å². The Labute approximate surface area is 91.8 Å². The topological polar surface area (TPSA) is 40.2 Å². The lowest BCUT2D eigenvalue weighted by atomic mass is 10.3. The van der Waals surface area contributed by atoms with Crippen molar-refractivity contribution in [1.29, 1.82) is 0 Å². The van der Waals surface area contributed by atoms with Gasteiger partial charge in [0.1, 0.15) is 6.10 Å². The zero-order chi connectivity index (χ0) is 10.8. The summed E-state index contributed by atoms with van der Waals surface area (Å²) < 4.78 is 10.2. The van der Waals surface area contributed by atoms with Crippen LogP contribution in [-0.4, -0.2) is 39.1 Å². The number of hydrogen-bond donors (Lipinski definition) is 0. The maximum atomic E-state index is 5.27. The molecule has 2 saturated heterocycles. The predicted octanol–water partition coefficient (Wildman–Crippen LogP) is 1.93. The lowest BCUT2D eigenvalue weighted by Crippen LogP contribution is -2.05. The Kier molecular flexibility index (Phi) is 7.83. The molecule has 0 aliphatic carbocycles. The summed E-state index contributed by atoms with van der Waals surface area (Å²) in [7, 11) is 0. The molecule has 0 amide bonds. The smallest absolute Gasteiger partial charge is 0.104 e. The van der Waals surface area contributed by atoms with Crippen LogP contribution < -0.4 is 0 Å². The van der Waals surface area contributed by atoms with Gasteiger partial charge in [0.05, 0.1) is 26.4 Å². The van der Waals surface area contributed by atoms with Gasteiger partial charge in [-0.3, -0.25) is 0 Å². The van der Waals surface area contributed by atoms with Crippen LogP contribution in [0.5, 0.6) is 0 Å². The first kappa shape index (κ1) is 12.9. The van der Waals surface area contributed by atoms with Gasteiger partial charge < -0.3 is 9.47 Å². The molecule has 2 aliphatic heterocycles. The molecule has 2 aliphatic rings. The number of unbranched alkanes of at least 4 members (excludes halogenated alkanes) is 1. The molecular weight excluding hydrogens is 196 g/mol. The number of hydrogen-bond acceptors (Lipinski definition) is 4. The maximum Gasteiger partial charge on any atom is 0.104 e. The number of epoxide rings is 1. The maximum absolute atomic E-state index is 5.27. The highest BCUT2D eigenvalue weighted by atomic mass is 17.2. The summed E-state index contributed by atoms with van der Waals surface area (Å²) >= 11 is 0. The molecule has 90 valence electrons. The van der Waals surface area contributed by atoms with Crippen molar-refractivity contribution < 1.29 is 19.2 Å². The van der Waals surface area contributed by atoms with E-state index in [1.807, 2.05) is 0 Å². The Morgan fingerprint density at radius 2 is 1.87 bits per heavy atom. The van der Waals surface area contributed by atoms with Gasteiger partial charge in [0, 0.05) is 6.61 Å². The van der Waals surface area contributed by atoms with Gasteiger partial charge in [-0.2, -0.15) is 0 Å². The van der Waals surface area contributed by atoms with Crippen LogP contribution in [0.25, 0.3) is 0 Å². The lowest BCUT2D eigenvalue weighted by molar-refractivity contribution is -0.312. The third-order valence-electron chi connectivity index (χ3n) is 2.14. The van der Waals surface area contributed by atoms with E-state index in [0.29, 0.717) is 6.10 Å². The highest BCUT2D eigenvalue weighted by Gasteiger charge is 2.21. The second kappa shape index (κ2) is 9.09. The molecule has 0 saturated carbocycles. The zero-order valence-electron chi connectivity index (χ0n) is 9.57. The molecule has 1 atom stereocenters. The van der Waals surface area contributed by atoms with Crippen LogP contribution in [0.1, 0.15) is 32.6 Å². The highest BCUT2D eigenvalue weighted by Crippen LogP contribution is 2.08. The molecule has 2 fully saturated rings. The highest BCUT2D eigenvalue weighted by molar-refractivity contribution is 4.66. The van der Waals surface area contributed by atoms with Crippen molar-refractivity contribution in [3.63, 3.8) is 0 Å². The summed E-state index contributed by atoms with van der Waals surface area (Å²) in [6.45, 7) is 6.33. The molecule has 4 nitrogen and oxygen atoms in total. The molecule has 0 aromatic carbocycles. The van der Waals surface area contributed by atoms with Crippen LogP contribution in [0, 0.1) is 0 Å². The van der Waals surface area contributed by atoms with E-state index in [0.717, 1.165) is 45.9 Å². The lowest BCUT2D eigenvalue weighted by Gasteiger charge is -2.07. The third kappa shape index (κ3) is 8.81. The van der Waals surface area contributed by atoms with Gasteiger partial charge in [0.2, 0.25) is 0 Å². The molecule has 0 radical (unpaired) electrons. The van der Waals surface area contributed by atoms with Crippen molar-refractivity contribution in [3.8, 4) is 0 Å². The molecule has 15 heavy (non-hydrogen) atoms. The van der Waals surface area contributed by atoms with E-state index in [4.69, 9.17) is 9.47 Å². The molecule has 2 heterocycles. The molecule has 2 rings (SSSR count). The van der Waals surface area contributed by atoms with E-state index in [9.17, 15) is 0 Å². The largest absolute Gasteiger partial charge is 0.379 e.